The minimum absolute atomic E-state index is 1.24. The van der Waals surface area contributed by atoms with Gasteiger partial charge in [-0.1, -0.05) is 12.1 Å². The highest BCUT2D eigenvalue weighted by atomic mass is 15.0. The van der Waals surface area contributed by atoms with Crippen LogP contribution in [0.2, 0.25) is 0 Å². The molecule has 2 heteroatoms. The van der Waals surface area contributed by atoms with Crippen molar-refractivity contribution >= 4 is 0 Å². The Morgan fingerprint density at radius 3 is 1.96 bits per heavy atom. The van der Waals surface area contributed by atoms with Gasteiger partial charge in [0.05, 0.1) is 5.56 Å². The first-order valence-corrected chi connectivity index (χ1v) is 8.85. The second kappa shape index (κ2) is 6.44. The second-order valence-electron chi connectivity index (χ2n) is 7.14. The topological polar surface area (TPSA) is 7.76 Å². The molecule has 0 spiro atoms. The number of benzene rings is 1. The molecule has 25 heavy (non-hydrogen) atoms. The molecule has 0 aliphatic carbocycles. The molecule has 2 nitrogen and oxygen atoms in total. The van der Waals surface area contributed by atoms with Crippen molar-refractivity contribution in [1.82, 2.24) is 0 Å². The second-order valence-corrected chi connectivity index (χ2v) is 7.14. The first-order chi connectivity index (χ1) is 11.8. The van der Waals surface area contributed by atoms with Crippen molar-refractivity contribution in [2.24, 2.45) is 14.1 Å². The van der Waals surface area contributed by atoms with E-state index in [-0.39, 0.29) is 0 Å². The smallest absolute Gasteiger partial charge is 0.196 e. The van der Waals surface area contributed by atoms with Crippen LogP contribution in [0.4, 0.5) is 0 Å². The molecule has 1 aromatic carbocycles. The Hall–Kier alpha value is -2.48. The van der Waals surface area contributed by atoms with Gasteiger partial charge in [0.1, 0.15) is 14.1 Å². The van der Waals surface area contributed by atoms with E-state index in [4.69, 9.17) is 0 Å². The molecule has 0 saturated carbocycles. The predicted octanol–water partition coefficient (Wildman–Crippen LogP) is 4.21. The summed E-state index contributed by atoms with van der Waals surface area (Å²) >= 11 is 0. The van der Waals surface area contributed by atoms with E-state index in [1.807, 2.05) is 0 Å². The average molecular weight is 332 g/mol. The van der Waals surface area contributed by atoms with Crippen molar-refractivity contribution in [2.45, 2.75) is 34.6 Å². The fourth-order valence-electron chi connectivity index (χ4n) is 3.67. The number of pyridine rings is 2. The highest BCUT2D eigenvalue weighted by Gasteiger charge is 2.26. The Labute approximate surface area is 151 Å². The lowest BCUT2D eigenvalue weighted by molar-refractivity contribution is -0.685. The molecular weight excluding hydrogens is 304 g/mol. The van der Waals surface area contributed by atoms with Gasteiger partial charge >= 0.3 is 0 Å². The molecule has 0 fully saturated rings. The van der Waals surface area contributed by atoms with Crippen LogP contribution in [0, 0.1) is 34.6 Å². The van der Waals surface area contributed by atoms with Crippen LogP contribution in [0.5, 0.6) is 0 Å². The Morgan fingerprint density at radius 1 is 0.640 bits per heavy atom. The van der Waals surface area contributed by atoms with Crippen LogP contribution < -0.4 is 9.13 Å². The number of rotatable bonds is 2. The SMILES string of the molecule is Cc1ccc(C)c(-c2cccc(-c3c(C)c(C)cc[n+]3C)[n+]2C)c1C. The molecule has 0 bridgehead atoms. The molecule has 128 valence electrons. The maximum Gasteiger partial charge on any atom is 0.280 e. The van der Waals surface area contributed by atoms with Crippen LogP contribution in [-0.2, 0) is 14.1 Å². The lowest BCUT2D eigenvalue weighted by Crippen LogP contribution is -2.40. The predicted molar refractivity (Wildman–Crippen MR) is 103 cm³/mol. The zero-order valence-corrected chi connectivity index (χ0v) is 16.4. The summed E-state index contributed by atoms with van der Waals surface area (Å²) in [6.07, 6.45) is 2.15. The zero-order valence-electron chi connectivity index (χ0n) is 16.4. The van der Waals surface area contributed by atoms with Crippen molar-refractivity contribution in [3.8, 4) is 22.6 Å². The molecule has 0 unspecified atom stereocenters. The quantitative estimate of drug-likeness (QED) is 0.621. The molecule has 3 rings (SSSR count). The molecular formula is C23H28N2+2. The third-order valence-electron chi connectivity index (χ3n) is 5.52. The maximum absolute atomic E-state index is 2.33. The third kappa shape index (κ3) is 2.86. The normalized spacial score (nSPS) is 11.0. The first kappa shape index (κ1) is 17.3. The molecule has 0 aliphatic rings. The summed E-state index contributed by atoms with van der Waals surface area (Å²) in [5.41, 5.74) is 11.8. The van der Waals surface area contributed by atoms with Gasteiger partial charge in [-0.05, 0) is 62.9 Å². The van der Waals surface area contributed by atoms with Crippen LogP contribution in [0.3, 0.4) is 0 Å². The van der Waals surface area contributed by atoms with Crippen LogP contribution in [0.15, 0.2) is 42.6 Å². The van der Waals surface area contributed by atoms with E-state index < -0.39 is 0 Å². The van der Waals surface area contributed by atoms with E-state index in [2.05, 4.69) is 100 Å². The van der Waals surface area contributed by atoms with Gasteiger partial charge in [-0.15, -0.1) is 0 Å². The largest absolute Gasteiger partial charge is 0.280 e. The highest BCUT2D eigenvalue weighted by molar-refractivity contribution is 5.68. The molecule has 0 atom stereocenters. The summed E-state index contributed by atoms with van der Waals surface area (Å²) in [5.74, 6) is 0. The molecule has 3 aromatic rings. The van der Waals surface area contributed by atoms with Gasteiger partial charge in [0.15, 0.2) is 6.20 Å². The van der Waals surface area contributed by atoms with Crippen molar-refractivity contribution in [2.75, 3.05) is 0 Å². The summed E-state index contributed by atoms with van der Waals surface area (Å²) in [7, 11) is 4.30. The van der Waals surface area contributed by atoms with E-state index in [0.29, 0.717) is 0 Å². The van der Waals surface area contributed by atoms with E-state index in [1.54, 1.807) is 0 Å². The van der Waals surface area contributed by atoms with Crippen molar-refractivity contribution in [1.29, 1.82) is 0 Å². The Morgan fingerprint density at radius 2 is 1.24 bits per heavy atom. The zero-order chi connectivity index (χ0) is 18.3. The summed E-state index contributed by atoms with van der Waals surface area (Å²) in [6.45, 7) is 11.0. The van der Waals surface area contributed by atoms with E-state index in [1.165, 1.54) is 50.5 Å². The summed E-state index contributed by atoms with van der Waals surface area (Å²) in [4.78, 5) is 0. The van der Waals surface area contributed by atoms with Crippen molar-refractivity contribution < 1.29 is 9.13 Å². The van der Waals surface area contributed by atoms with Crippen molar-refractivity contribution in [3.63, 3.8) is 0 Å². The Bertz CT molecular complexity index is 893. The number of hydrogen-bond acceptors (Lipinski definition) is 0. The molecule has 2 heterocycles. The molecule has 0 saturated heterocycles. The molecule has 0 N–H and O–H groups in total. The van der Waals surface area contributed by atoms with Crippen molar-refractivity contribution in [3.05, 3.63) is 70.4 Å². The number of nitrogens with zero attached hydrogens (tertiary/aromatic N) is 2. The van der Waals surface area contributed by atoms with Crippen LogP contribution in [0.25, 0.3) is 22.6 Å². The minimum atomic E-state index is 1.24. The number of aromatic nitrogens is 2. The van der Waals surface area contributed by atoms with Crippen LogP contribution in [-0.4, -0.2) is 0 Å². The van der Waals surface area contributed by atoms with Gasteiger partial charge in [-0.25, -0.2) is 0 Å². The van der Waals surface area contributed by atoms with Gasteiger partial charge in [0, 0.05) is 23.8 Å². The molecule has 0 radical (unpaired) electrons. The van der Waals surface area contributed by atoms with Crippen LogP contribution >= 0.6 is 0 Å². The number of hydrogen-bond donors (Lipinski definition) is 0. The van der Waals surface area contributed by atoms with Gasteiger partial charge in [-0.3, -0.25) is 0 Å². The van der Waals surface area contributed by atoms with Gasteiger partial charge in [0.2, 0.25) is 5.69 Å². The highest BCUT2D eigenvalue weighted by Crippen LogP contribution is 2.28. The van der Waals surface area contributed by atoms with Gasteiger partial charge < -0.3 is 0 Å². The average Bonchev–Trinajstić information content (AvgIpc) is 2.58. The minimum Gasteiger partial charge on any atom is -0.196 e. The van der Waals surface area contributed by atoms with Crippen LogP contribution in [0.1, 0.15) is 27.8 Å². The molecule has 2 aromatic heterocycles. The summed E-state index contributed by atoms with van der Waals surface area (Å²) in [6, 6.07) is 13.2. The lowest BCUT2D eigenvalue weighted by atomic mass is 9.95. The monoisotopic (exact) mass is 332 g/mol. The fraction of sp³-hybridized carbons (Fsp3) is 0.304. The molecule has 0 aliphatic heterocycles. The van der Waals surface area contributed by atoms with Gasteiger partial charge in [-0.2, -0.15) is 9.13 Å². The lowest BCUT2D eigenvalue weighted by Gasteiger charge is -2.12. The standard InChI is InChI=1S/C23H28N2/c1-15-11-12-17(3)22(18(15)4)20-9-8-10-21(25(20)7)23-19(5)16(2)13-14-24(23)6/h8-14H,1-7H3/q+2. The van der Waals surface area contributed by atoms with E-state index in [9.17, 15) is 0 Å². The fourth-order valence-corrected chi connectivity index (χ4v) is 3.67. The van der Waals surface area contributed by atoms with Gasteiger partial charge in [0.25, 0.3) is 11.4 Å². The maximum atomic E-state index is 2.33. The first-order valence-electron chi connectivity index (χ1n) is 8.85. The number of aryl methyl sites for hydroxylation is 4. The molecule has 0 amide bonds. The summed E-state index contributed by atoms with van der Waals surface area (Å²) in [5, 5.41) is 0. The Kier molecular flexibility index (Phi) is 4.47. The third-order valence-corrected chi connectivity index (χ3v) is 5.52. The Balaban J connectivity index is 2.32. The van der Waals surface area contributed by atoms with E-state index in [0.717, 1.165) is 0 Å². The summed E-state index contributed by atoms with van der Waals surface area (Å²) < 4.78 is 4.55. The van der Waals surface area contributed by atoms with E-state index >= 15 is 0 Å².